The summed E-state index contributed by atoms with van der Waals surface area (Å²) in [5.74, 6) is 0. The van der Waals surface area contributed by atoms with E-state index in [4.69, 9.17) is 4.42 Å². The van der Waals surface area contributed by atoms with Crippen LogP contribution in [0.25, 0.3) is 32.3 Å². The van der Waals surface area contributed by atoms with Crippen molar-refractivity contribution in [1.29, 1.82) is 0 Å². The molecule has 216 valence electrons. The Morgan fingerprint density at radius 2 is 1.05 bits per heavy atom. The van der Waals surface area contributed by atoms with E-state index in [2.05, 4.69) is 26.0 Å². The highest BCUT2D eigenvalue weighted by atomic mass is 32.1. The maximum absolute atomic E-state index is 5.01. The molecule has 3 aromatic carbocycles. The van der Waals surface area contributed by atoms with Crippen LogP contribution in [-0.2, 0) is 0 Å². The Morgan fingerprint density at radius 1 is 0.538 bits per heavy atom. The number of aromatic nitrogens is 4. The van der Waals surface area contributed by atoms with Crippen LogP contribution in [0.4, 0.5) is 0 Å². The fraction of sp³-hybridized carbons (Fsp3) is 0.364. The third kappa shape index (κ3) is 16.1. The van der Waals surface area contributed by atoms with Gasteiger partial charge in [-0.2, -0.15) is 0 Å². The second-order valence-electron chi connectivity index (χ2n) is 5.56. The lowest BCUT2D eigenvalue weighted by Crippen LogP contribution is -1.63. The predicted molar refractivity (Wildman–Crippen MR) is 178 cm³/mol. The first kappa shape index (κ1) is 40.0. The molecule has 0 unspecified atom stereocenters. The molecular formula is C33H52N4OS. The highest BCUT2D eigenvalue weighted by Gasteiger charge is 1.91. The smallest absolute Gasteiger partial charge is 0.181 e. The van der Waals surface area contributed by atoms with Crippen molar-refractivity contribution in [3.05, 3.63) is 91.0 Å². The number of oxazole rings is 1. The minimum atomic E-state index is 0.845. The number of imidazole rings is 1. The third-order valence-corrected chi connectivity index (χ3v) is 4.61. The van der Waals surface area contributed by atoms with Crippen molar-refractivity contribution in [1.82, 2.24) is 19.9 Å². The summed E-state index contributed by atoms with van der Waals surface area (Å²) in [6.07, 6.45) is 3.15. The normalized spacial score (nSPS) is 8.00. The molecule has 0 atom stereocenters. The van der Waals surface area contributed by atoms with Crippen LogP contribution in [0.15, 0.2) is 95.4 Å². The monoisotopic (exact) mass is 552 g/mol. The van der Waals surface area contributed by atoms with Gasteiger partial charge >= 0.3 is 0 Å². The zero-order chi connectivity index (χ0) is 30.3. The molecule has 0 saturated heterocycles. The zero-order valence-electron chi connectivity index (χ0n) is 26.3. The number of thiazole rings is 1. The second-order valence-corrected chi connectivity index (χ2v) is 6.45. The second kappa shape index (κ2) is 30.7. The number of hydrogen-bond acceptors (Lipinski definition) is 5. The van der Waals surface area contributed by atoms with Gasteiger partial charge in [0.2, 0.25) is 0 Å². The van der Waals surface area contributed by atoms with E-state index in [1.165, 1.54) is 11.1 Å². The van der Waals surface area contributed by atoms with Gasteiger partial charge in [-0.25, -0.2) is 15.0 Å². The van der Waals surface area contributed by atoms with Gasteiger partial charge in [0.15, 0.2) is 12.0 Å². The van der Waals surface area contributed by atoms with Gasteiger partial charge in [0.1, 0.15) is 5.52 Å². The largest absolute Gasteiger partial charge is 0.443 e. The van der Waals surface area contributed by atoms with Gasteiger partial charge in [-0.3, -0.25) is 0 Å². The minimum Gasteiger partial charge on any atom is -0.443 e. The van der Waals surface area contributed by atoms with E-state index in [-0.39, 0.29) is 0 Å². The average Bonchev–Trinajstić information content (AvgIpc) is 3.85. The molecule has 0 bridgehead atoms. The summed E-state index contributed by atoms with van der Waals surface area (Å²) in [5, 5.41) is 0. The van der Waals surface area contributed by atoms with E-state index in [1.807, 2.05) is 155 Å². The Hall–Kier alpha value is -3.51. The average molecular weight is 553 g/mol. The van der Waals surface area contributed by atoms with Crippen molar-refractivity contribution in [3.8, 4) is 0 Å². The van der Waals surface area contributed by atoms with E-state index in [0.717, 1.165) is 27.6 Å². The van der Waals surface area contributed by atoms with Crippen molar-refractivity contribution in [2.75, 3.05) is 0 Å². The lowest BCUT2D eigenvalue weighted by atomic mass is 10.3. The molecule has 0 amide bonds. The zero-order valence-corrected chi connectivity index (χ0v) is 27.1. The Labute approximate surface area is 241 Å². The molecule has 1 N–H and O–H groups in total. The van der Waals surface area contributed by atoms with Crippen molar-refractivity contribution >= 4 is 43.7 Å². The summed E-state index contributed by atoms with van der Waals surface area (Å²) in [5.41, 5.74) is 6.84. The summed E-state index contributed by atoms with van der Waals surface area (Å²) in [6, 6.07) is 23.7. The molecular weight excluding hydrogens is 500 g/mol. The molecule has 0 aliphatic rings. The summed E-state index contributed by atoms with van der Waals surface area (Å²) in [6.45, 7) is 24.0. The third-order valence-electron chi connectivity index (χ3n) is 3.80. The Balaban J connectivity index is -0.000000418. The first-order valence-electron chi connectivity index (χ1n) is 14.3. The number of hydrogen-bond donors (Lipinski definition) is 1. The molecule has 0 spiro atoms. The topological polar surface area (TPSA) is 67.6 Å². The molecule has 3 aromatic heterocycles. The molecule has 0 radical (unpaired) electrons. The van der Waals surface area contributed by atoms with Crippen LogP contribution in [0.2, 0.25) is 0 Å². The Morgan fingerprint density at radius 3 is 1.62 bits per heavy atom. The fourth-order valence-electron chi connectivity index (χ4n) is 2.49. The quantitative estimate of drug-likeness (QED) is 0.203. The number of para-hydroxylation sites is 5. The van der Waals surface area contributed by atoms with Crippen molar-refractivity contribution in [2.24, 2.45) is 0 Å². The highest BCUT2D eigenvalue weighted by molar-refractivity contribution is 7.16. The van der Waals surface area contributed by atoms with Gasteiger partial charge in [-0.15, -0.1) is 11.3 Å². The number of nitrogens with zero attached hydrogens (tertiary/aromatic N) is 3. The number of nitrogens with one attached hydrogen (secondary N) is 1. The van der Waals surface area contributed by atoms with E-state index >= 15 is 0 Å². The molecule has 6 heteroatoms. The Bertz CT molecular complexity index is 1010. The van der Waals surface area contributed by atoms with Crippen LogP contribution in [0, 0.1) is 0 Å². The molecule has 6 rings (SSSR count). The number of benzene rings is 3. The SMILES string of the molecule is CC.CC.CC.CC.CC.CC.c1ccc2[nH]cnc2c1.c1ccc2ocnc2c1.c1ccc2scnc2c1. The van der Waals surface area contributed by atoms with Crippen LogP contribution in [0.5, 0.6) is 0 Å². The molecule has 0 aliphatic carbocycles. The number of fused-ring (bicyclic) bond motifs is 3. The summed E-state index contributed by atoms with van der Waals surface area (Å²) >= 11 is 1.68. The molecule has 3 heterocycles. The van der Waals surface area contributed by atoms with Gasteiger partial charge in [0.25, 0.3) is 0 Å². The van der Waals surface area contributed by atoms with E-state index < -0.39 is 0 Å². The lowest BCUT2D eigenvalue weighted by Gasteiger charge is -1.81. The predicted octanol–water partition coefficient (Wildman–Crippen LogP) is 11.8. The lowest BCUT2D eigenvalue weighted by molar-refractivity contribution is 0.602. The van der Waals surface area contributed by atoms with Gasteiger partial charge < -0.3 is 9.40 Å². The molecule has 6 aromatic rings. The molecule has 0 saturated carbocycles. The summed E-state index contributed by atoms with van der Waals surface area (Å²) < 4.78 is 6.27. The standard InChI is InChI=1S/C7H6N2.C7H5NO.C7H5NS.6C2H6/c3*1-2-4-7-6(3-1)8-5-9-7;6*1-2/h1-5H,(H,8,9);2*1-5H;6*1-2H3. The van der Waals surface area contributed by atoms with Gasteiger partial charge in [-0.05, 0) is 36.4 Å². The van der Waals surface area contributed by atoms with Crippen LogP contribution in [0.3, 0.4) is 0 Å². The fourth-order valence-corrected chi connectivity index (χ4v) is 3.16. The highest BCUT2D eigenvalue weighted by Crippen LogP contribution is 2.15. The first-order chi connectivity index (χ1) is 19.4. The minimum absolute atomic E-state index is 0.845. The van der Waals surface area contributed by atoms with Gasteiger partial charge in [0.05, 0.1) is 33.1 Å². The van der Waals surface area contributed by atoms with Crippen LogP contribution in [0.1, 0.15) is 83.1 Å². The van der Waals surface area contributed by atoms with Gasteiger partial charge in [-0.1, -0.05) is 119 Å². The molecule has 0 fully saturated rings. The van der Waals surface area contributed by atoms with Gasteiger partial charge in [0, 0.05) is 0 Å². The van der Waals surface area contributed by atoms with Crippen LogP contribution >= 0.6 is 11.3 Å². The number of aromatic amines is 1. The summed E-state index contributed by atoms with van der Waals surface area (Å²) in [4.78, 5) is 15.2. The number of H-pyrrole nitrogens is 1. The maximum Gasteiger partial charge on any atom is 0.181 e. The molecule has 39 heavy (non-hydrogen) atoms. The van der Waals surface area contributed by atoms with Crippen molar-refractivity contribution < 1.29 is 4.42 Å². The van der Waals surface area contributed by atoms with Crippen molar-refractivity contribution in [2.45, 2.75) is 83.1 Å². The molecule has 0 aliphatic heterocycles. The Kier molecular flexibility index (Phi) is 31.5. The summed E-state index contributed by atoms with van der Waals surface area (Å²) in [7, 11) is 0. The molecule has 5 nitrogen and oxygen atoms in total. The van der Waals surface area contributed by atoms with Crippen LogP contribution in [-0.4, -0.2) is 19.9 Å². The van der Waals surface area contributed by atoms with Crippen LogP contribution < -0.4 is 0 Å². The van der Waals surface area contributed by atoms with E-state index in [1.54, 1.807) is 17.7 Å². The van der Waals surface area contributed by atoms with Crippen molar-refractivity contribution in [3.63, 3.8) is 0 Å². The first-order valence-corrected chi connectivity index (χ1v) is 15.2. The van der Waals surface area contributed by atoms with E-state index in [9.17, 15) is 0 Å². The number of rotatable bonds is 0. The maximum atomic E-state index is 5.01. The van der Waals surface area contributed by atoms with E-state index in [0.29, 0.717) is 0 Å².